The molecule has 0 aliphatic heterocycles. The Kier molecular flexibility index (Phi) is 5.70. The van der Waals surface area contributed by atoms with Gasteiger partial charge in [0, 0.05) is 17.6 Å². The Morgan fingerprint density at radius 3 is 2.23 bits per heavy atom. The molecule has 0 atom stereocenters. The summed E-state index contributed by atoms with van der Waals surface area (Å²) < 4.78 is 10.2. The number of carbonyl (C=O) groups excluding carboxylic acids is 1. The van der Waals surface area contributed by atoms with Gasteiger partial charge in [-0.2, -0.15) is 0 Å². The second kappa shape index (κ2) is 8.35. The average Bonchev–Trinajstić information content (AvgIpc) is 3.15. The number of hydrogen-bond acceptors (Lipinski definition) is 6. The van der Waals surface area contributed by atoms with Crippen LogP contribution < -0.4 is 20.1 Å². The number of benzene rings is 2. The first-order valence-corrected chi connectivity index (χ1v) is 8.83. The van der Waals surface area contributed by atoms with Crippen molar-refractivity contribution in [3.05, 3.63) is 65.2 Å². The molecule has 6 nitrogen and oxygen atoms in total. The van der Waals surface area contributed by atoms with Gasteiger partial charge in [-0.1, -0.05) is 12.1 Å². The van der Waals surface area contributed by atoms with E-state index in [0.29, 0.717) is 17.4 Å². The fraction of sp³-hybridized carbons (Fsp3) is 0.158. The van der Waals surface area contributed by atoms with E-state index in [2.05, 4.69) is 15.6 Å². The third-order valence-electron chi connectivity index (χ3n) is 3.69. The lowest BCUT2D eigenvalue weighted by molar-refractivity contribution is 0.0946. The number of nitrogens with zero attached hydrogens (tertiary/aromatic N) is 1. The molecule has 3 aromatic rings. The number of carbonyl (C=O) groups is 1. The highest BCUT2D eigenvalue weighted by Crippen LogP contribution is 2.23. The Bertz CT molecular complexity index is 860. The maximum atomic E-state index is 12.3. The summed E-state index contributed by atoms with van der Waals surface area (Å²) in [7, 11) is 3.25. The Balaban J connectivity index is 1.56. The number of rotatable bonds is 7. The van der Waals surface area contributed by atoms with Gasteiger partial charge in [0.15, 0.2) is 5.13 Å². The maximum absolute atomic E-state index is 12.3. The van der Waals surface area contributed by atoms with Gasteiger partial charge in [0.1, 0.15) is 17.2 Å². The third kappa shape index (κ3) is 4.52. The van der Waals surface area contributed by atoms with Crippen molar-refractivity contribution in [1.29, 1.82) is 0 Å². The molecule has 0 bridgehead atoms. The highest BCUT2D eigenvalue weighted by molar-refractivity contribution is 7.14. The van der Waals surface area contributed by atoms with Gasteiger partial charge >= 0.3 is 0 Å². The molecule has 0 unspecified atom stereocenters. The Hall–Kier alpha value is -3.06. The molecule has 0 saturated heterocycles. The van der Waals surface area contributed by atoms with Crippen LogP contribution in [0.25, 0.3) is 0 Å². The monoisotopic (exact) mass is 369 g/mol. The minimum absolute atomic E-state index is 0.208. The number of nitrogens with one attached hydrogen (secondary N) is 2. The van der Waals surface area contributed by atoms with Crippen LogP contribution in [0, 0.1) is 0 Å². The minimum atomic E-state index is -0.208. The number of amides is 1. The van der Waals surface area contributed by atoms with Crippen LogP contribution in [0.4, 0.5) is 10.8 Å². The topological polar surface area (TPSA) is 72.5 Å². The first-order valence-electron chi connectivity index (χ1n) is 7.95. The fourth-order valence-electron chi connectivity index (χ4n) is 2.25. The second-order valence-electron chi connectivity index (χ2n) is 5.42. The van der Waals surface area contributed by atoms with Gasteiger partial charge in [0.05, 0.1) is 14.2 Å². The van der Waals surface area contributed by atoms with E-state index in [1.54, 1.807) is 19.6 Å². The second-order valence-corrected chi connectivity index (χ2v) is 6.28. The summed E-state index contributed by atoms with van der Waals surface area (Å²) in [5, 5.41) is 8.43. The van der Waals surface area contributed by atoms with E-state index in [4.69, 9.17) is 9.47 Å². The molecule has 0 saturated carbocycles. The van der Waals surface area contributed by atoms with Crippen molar-refractivity contribution >= 4 is 28.1 Å². The minimum Gasteiger partial charge on any atom is -0.497 e. The van der Waals surface area contributed by atoms with Crippen molar-refractivity contribution in [3.8, 4) is 11.5 Å². The van der Waals surface area contributed by atoms with Gasteiger partial charge in [0.25, 0.3) is 5.91 Å². The van der Waals surface area contributed by atoms with Crippen molar-refractivity contribution in [2.75, 3.05) is 19.5 Å². The Labute approximate surface area is 155 Å². The Morgan fingerprint density at radius 1 is 1.00 bits per heavy atom. The molecule has 1 aromatic heterocycles. The Morgan fingerprint density at radius 2 is 1.62 bits per heavy atom. The van der Waals surface area contributed by atoms with Crippen LogP contribution in [0.1, 0.15) is 16.1 Å². The summed E-state index contributed by atoms with van der Waals surface area (Å²) in [6, 6.07) is 15.1. The maximum Gasteiger partial charge on any atom is 0.271 e. The summed E-state index contributed by atoms with van der Waals surface area (Å²) >= 11 is 1.38. The number of thiazole rings is 1. The number of hydrogen-bond donors (Lipinski definition) is 2. The van der Waals surface area contributed by atoms with Crippen molar-refractivity contribution < 1.29 is 14.3 Å². The quantitative estimate of drug-likeness (QED) is 0.662. The first kappa shape index (κ1) is 17.8. The molecule has 1 amide bonds. The molecule has 0 radical (unpaired) electrons. The summed E-state index contributed by atoms with van der Waals surface area (Å²) in [6.07, 6.45) is 0. The van der Waals surface area contributed by atoms with Gasteiger partial charge < -0.3 is 20.1 Å². The van der Waals surface area contributed by atoms with E-state index < -0.39 is 0 Å². The lowest BCUT2D eigenvalue weighted by Crippen LogP contribution is -2.23. The summed E-state index contributed by atoms with van der Waals surface area (Å²) in [4.78, 5) is 16.6. The highest BCUT2D eigenvalue weighted by Gasteiger charge is 2.11. The van der Waals surface area contributed by atoms with Gasteiger partial charge in [-0.05, 0) is 42.0 Å². The SMILES string of the molecule is COc1ccc(CNC(=O)c2csc(Nc3ccc(OC)cc3)n2)cc1. The van der Waals surface area contributed by atoms with Crippen LogP contribution in [0.15, 0.2) is 53.9 Å². The fourth-order valence-corrected chi connectivity index (χ4v) is 2.96. The molecule has 7 heteroatoms. The lowest BCUT2D eigenvalue weighted by Gasteiger charge is -2.05. The molecule has 0 aliphatic rings. The van der Waals surface area contributed by atoms with Crippen LogP contribution in [-0.4, -0.2) is 25.1 Å². The van der Waals surface area contributed by atoms with E-state index in [1.807, 2.05) is 48.5 Å². The van der Waals surface area contributed by atoms with E-state index in [9.17, 15) is 4.79 Å². The molecule has 2 N–H and O–H groups in total. The molecule has 2 aromatic carbocycles. The molecular weight excluding hydrogens is 350 g/mol. The van der Waals surface area contributed by atoms with Gasteiger partial charge in [-0.3, -0.25) is 4.79 Å². The smallest absolute Gasteiger partial charge is 0.271 e. The van der Waals surface area contributed by atoms with Crippen molar-refractivity contribution in [1.82, 2.24) is 10.3 Å². The van der Waals surface area contributed by atoms with Gasteiger partial charge in [-0.25, -0.2) is 4.98 Å². The molecule has 3 rings (SSSR count). The van der Waals surface area contributed by atoms with Crippen molar-refractivity contribution in [3.63, 3.8) is 0 Å². The molecule has 0 aliphatic carbocycles. The van der Waals surface area contributed by atoms with Crippen LogP contribution in [0.2, 0.25) is 0 Å². The molecule has 0 spiro atoms. The predicted molar refractivity (Wildman–Crippen MR) is 103 cm³/mol. The van der Waals surface area contributed by atoms with Crippen molar-refractivity contribution in [2.45, 2.75) is 6.54 Å². The normalized spacial score (nSPS) is 10.2. The molecule has 26 heavy (non-hydrogen) atoms. The zero-order valence-electron chi connectivity index (χ0n) is 14.5. The summed E-state index contributed by atoms with van der Waals surface area (Å²) in [5.74, 6) is 1.36. The van der Waals surface area contributed by atoms with Gasteiger partial charge in [-0.15, -0.1) is 11.3 Å². The third-order valence-corrected chi connectivity index (χ3v) is 4.45. The van der Waals surface area contributed by atoms with E-state index in [0.717, 1.165) is 22.7 Å². The number of ether oxygens (including phenoxy) is 2. The molecular formula is C19H19N3O3S. The first-order chi connectivity index (χ1) is 12.7. The van der Waals surface area contributed by atoms with Crippen LogP contribution in [0.5, 0.6) is 11.5 Å². The van der Waals surface area contributed by atoms with E-state index >= 15 is 0 Å². The van der Waals surface area contributed by atoms with Crippen LogP contribution in [-0.2, 0) is 6.54 Å². The average molecular weight is 369 g/mol. The molecule has 0 fully saturated rings. The van der Waals surface area contributed by atoms with Gasteiger partial charge in [0.2, 0.25) is 0 Å². The molecule has 134 valence electrons. The molecule has 1 heterocycles. The predicted octanol–water partition coefficient (Wildman–Crippen LogP) is 3.83. The van der Waals surface area contributed by atoms with E-state index in [1.165, 1.54) is 11.3 Å². The van der Waals surface area contributed by atoms with Crippen LogP contribution in [0.3, 0.4) is 0 Å². The number of aromatic nitrogens is 1. The zero-order valence-corrected chi connectivity index (χ0v) is 15.3. The lowest BCUT2D eigenvalue weighted by atomic mass is 10.2. The summed E-state index contributed by atoms with van der Waals surface area (Å²) in [5.41, 5.74) is 2.26. The zero-order chi connectivity index (χ0) is 18.4. The number of methoxy groups -OCH3 is 2. The standard InChI is InChI=1S/C19H19N3O3S/c1-24-15-7-3-13(4-8-15)11-20-18(23)17-12-26-19(22-17)21-14-5-9-16(25-2)10-6-14/h3-10,12H,11H2,1-2H3,(H,20,23)(H,21,22). The summed E-state index contributed by atoms with van der Waals surface area (Å²) in [6.45, 7) is 0.432. The van der Waals surface area contributed by atoms with E-state index in [-0.39, 0.29) is 5.91 Å². The van der Waals surface area contributed by atoms with Crippen LogP contribution >= 0.6 is 11.3 Å². The number of anilines is 2. The largest absolute Gasteiger partial charge is 0.497 e. The highest BCUT2D eigenvalue weighted by atomic mass is 32.1. The van der Waals surface area contributed by atoms with Crippen molar-refractivity contribution in [2.24, 2.45) is 0 Å².